The molecule has 2 nitrogen and oxygen atoms in total. The molecule has 1 aliphatic rings. The fraction of sp³-hybridized carbons (Fsp3) is 0.571. The lowest BCUT2D eigenvalue weighted by atomic mass is 9.99. The summed E-state index contributed by atoms with van der Waals surface area (Å²) in [6, 6.07) is 4.12. The number of rotatable bonds is 3. The molecule has 0 amide bonds. The molecule has 1 N–H and O–H groups in total. The smallest absolute Gasteiger partial charge is 0.314 e. The Balaban J connectivity index is 0.00000220. The lowest BCUT2D eigenvalue weighted by Gasteiger charge is -2.35. The second-order valence-corrected chi connectivity index (χ2v) is 5.29. The number of benzene rings is 1. The van der Waals surface area contributed by atoms with Crippen LogP contribution in [0.1, 0.15) is 30.5 Å². The lowest BCUT2D eigenvalue weighted by molar-refractivity contribution is -0.137. The van der Waals surface area contributed by atoms with Gasteiger partial charge < -0.3 is 5.32 Å². The van der Waals surface area contributed by atoms with Crippen LogP contribution in [-0.4, -0.2) is 31.1 Å². The van der Waals surface area contributed by atoms with E-state index in [1.807, 2.05) is 6.92 Å². The van der Waals surface area contributed by atoms with Gasteiger partial charge in [0.25, 0.3) is 0 Å². The number of alkyl halides is 3. The van der Waals surface area contributed by atoms with Gasteiger partial charge in [0, 0.05) is 32.2 Å². The fourth-order valence-corrected chi connectivity index (χ4v) is 3.05. The molecular formula is C14H20Cl3F3N2. The molecule has 0 radical (unpaired) electrons. The zero-order chi connectivity index (χ0) is 14.8. The van der Waals surface area contributed by atoms with Crippen molar-refractivity contribution in [1.82, 2.24) is 10.2 Å². The molecule has 1 aromatic rings. The average molecular weight is 380 g/mol. The first-order valence-corrected chi connectivity index (χ1v) is 7.13. The van der Waals surface area contributed by atoms with Gasteiger partial charge in [-0.05, 0) is 18.1 Å². The molecule has 2 rings (SSSR count). The lowest BCUT2D eigenvalue weighted by Crippen LogP contribution is -2.45. The van der Waals surface area contributed by atoms with Crippen LogP contribution >= 0.6 is 36.4 Å². The third-order valence-electron chi connectivity index (χ3n) is 3.67. The molecule has 1 saturated heterocycles. The van der Waals surface area contributed by atoms with Crippen LogP contribution in [0.25, 0.3) is 0 Å². The molecule has 1 heterocycles. The van der Waals surface area contributed by atoms with E-state index >= 15 is 0 Å². The largest absolute Gasteiger partial charge is 0.417 e. The molecular weight excluding hydrogens is 360 g/mol. The van der Waals surface area contributed by atoms with Crippen LogP contribution in [0.2, 0.25) is 5.02 Å². The van der Waals surface area contributed by atoms with E-state index in [1.165, 1.54) is 6.07 Å². The summed E-state index contributed by atoms with van der Waals surface area (Å²) in [5.41, 5.74) is -0.170. The third kappa shape index (κ3) is 4.90. The highest BCUT2D eigenvalue weighted by atomic mass is 35.5. The molecule has 8 heteroatoms. The second kappa shape index (κ2) is 9.18. The van der Waals surface area contributed by atoms with Gasteiger partial charge in [-0.25, -0.2) is 0 Å². The van der Waals surface area contributed by atoms with Gasteiger partial charge >= 0.3 is 6.18 Å². The summed E-state index contributed by atoms with van der Waals surface area (Å²) < 4.78 is 38.8. The summed E-state index contributed by atoms with van der Waals surface area (Å²) in [7, 11) is 0. The Labute approximate surface area is 146 Å². The molecule has 128 valence electrons. The van der Waals surface area contributed by atoms with Gasteiger partial charge in [-0.3, -0.25) is 4.90 Å². The predicted octanol–water partition coefficient (Wildman–Crippen LogP) is 4.56. The van der Waals surface area contributed by atoms with Gasteiger partial charge in [0.05, 0.1) is 10.6 Å². The molecule has 22 heavy (non-hydrogen) atoms. The molecule has 1 aliphatic heterocycles. The van der Waals surface area contributed by atoms with E-state index in [4.69, 9.17) is 11.6 Å². The summed E-state index contributed by atoms with van der Waals surface area (Å²) in [5, 5.41) is 3.08. The average Bonchev–Trinajstić information content (AvgIpc) is 2.41. The first kappa shape index (κ1) is 21.8. The van der Waals surface area contributed by atoms with Gasteiger partial charge in [-0.1, -0.05) is 30.7 Å². The number of nitrogens with one attached hydrogen (secondary N) is 1. The summed E-state index contributed by atoms with van der Waals surface area (Å²) in [4.78, 5) is 2.19. The van der Waals surface area contributed by atoms with E-state index in [0.717, 1.165) is 38.7 Å². The zero-order valence-corrected chi connectivity index (χ0v) is 14.5. The number of nitrogens with zero attached hydrogens (tertiary/aromatic N) is 1. The van der Waals surface area contributed by atoms with E-state index in [1.54, 1.807) is 6.07 Å². The Kier molecular flexibility index (Phi) is 9.10. The van der Waals surface area contributed by atoms with Crippen LogP contribution in [0, 0.1) is 0 Å². The van der Waals surface area contributed by atoms with E-state index in [0.29, 0.717) is 5.56 Å². The summed E-state index contributed by atoms with van der Waals surface area (Å²) in [6.45, 7) is 5.33. The zero-order valence-electron chi connectivity index (χ0n) is 12.1. The van der Waals surface area contributed by atoms with Crippen LogP contribution in [-0.2, 0) is 6.18 Å². The van der Waals surface area contributed by atoms with Crippen molar-refractivity contribution >= 4 is 36.4 Å². The number of piperazine rings is 1. The highest BCUT2D eigenvalue weighted by Crippen LogP contribution is 2.39. The van der Waals surface area contributed by atoms with E-state index in [9.17, 15) is 13.2 Å². The maximum absolute atomic E-state index is 12.9. The predicted molar refractivity (Wildman–Crippen MR) is 88.4 cm³/mol. The second-order valence-electron chi connectivity index (χ2n) is 4.92. The van der Waals surface area contributed by atoms with E-state index < -0.39 is 11.7 Å². The van der Waals surface area contributed by atoms with Gasteiger partial charge in [0.2, 0.25) is 0 Å². The topological polar surface area (TPSA) is 15.3 Å². The summed E-state index contributed by atoms with van der Waals surface area (Å²) >= 11 is 6.02. The SMILES string of the molecule is CC[C@@H](c1cccc(C(F)(F)F)c1Cl)N1CCNCC1.Cl.Cl. The first-order chi connectivity index (χ1) is 9.45. The number of hydrogen-bond donors (Lipinski definition) is 1. The van der Waals surface area contributed by atoms with Crippen LogP contribution in [0.15, 0.2) is 18.2 Å². The van der Waals surface area contributed by atoms with Crippen LogP contribution in [0.3, 0.4) is 0 Å². The van der Waals surface area contributed by atoms with Crippen LogP contribution in [0.5, 0.6) is 0 Å². The first-order valence-electron chi connectivity index (χ1n) is 6.75. The molecule has 0 bridgehead atoms. The highest BCUT2D eigenvalue weighted by molar-refractivity contribution is 6.32. The van der Waals surface area contributed by atoms with Crippen molar-refractivity contribution in [3.8, 4) is 0 Å². The monoisotopic (exact) mass is 378 g/mol. The summed E-state index contributed by atoms with van der Waals surface area (Å²) in [6.07, 6.45) is -3.67. The van der Waals surface area contributed by atoms with Gasteiger partial charge in [-0.15, -0.1) is 24.8 Å². The Morgan fingerprint density at radius 3 is 2.32 bits per heavy atom. The fourth-order valence-electron chi connectivity index (χ4n) is 2.69. The van der Waals surface area contributed by atoms with Crippen LogP contribution in [0.4, 0.5) is 13.2 Å². The maximum atomic E-state index is 12.9. The molecule has 0 saturated carbocycles. The maximum Gasteiger partial charge on any atom is 0.417 e. The molecule has 0 spiro atoms. The van der Waals surface area contributed by atoms with Crippen molar-refractivity contribution in [2.24, 2.45) is 0 Å². The van der Waals surface area contributed by atoms with Gasteiger partial charge in [0.1, 0.15) is 0 Å². The number of halogens is 6. The minimum absolute atomic E-state index is 0. The highest BCUT2D eigenvalue weighted by Gasteiger charge is 2.35. The number of hydrogen-bond acceptors (Lipinski definition) is 2. The Hall–Kier alpha value is -0.200. The van der Waals surface area contributed by atoms with Crippen molar-refractivity contribution in [3.05, 3.63) is 34.3 Å². The van der Waals surface area contributed by atoms with Crippen molar-refractivity contribution in [3.63, 3.8) is 0 Å². The Morgan fingerprint density at radius 2 is 1.82 bits per heavy atom. The Bertz CT molecular complexity index is 463. The standard InChI is InChI=1S/C14H18ClF3N2.2ClH/c1-2-12(20-8-6-19-7-9-20)10-4-3-5-11(13(10)15)14(16,17)18;;/h3-5,12,19H,2,6-9H2,1H3;2*1H/t12-;;/m0../s1. The Morgan fingerprint density at radius 1 is 1.23 bits per heavy atom. The molecule has 0 unspecified atom stereocenters. The van der Waals surface area contributed by atoms with Crippen molar-refractivity contribution < 1.29 is 13.2 Å². The van der Waals surface area contributed by atoms with Crippen molar-refractivity contribution in [1.29, 1.82) is 0 Å². The van der Waals surface area contributed by atoms with Crippen molar-refractivity contribution in [2.45, 2.75) is 25.6 Å². The molecule has 1 atom stereocenters. The molecule has 0 aliphatic carbocycles. The van der Waals surface area contributed by atoms with Gasteiger partial charge in [0.15, 0.2) is 0 Å². The molecule has 0 aromatic heterocycles. The van der Waals surface area contributed by atoms with E-state index in [2.05, 4.69) is 10.2 Å². The third-order valence-corrected chi connectivity index (χ3v) is 4.09. The normalized spacial score (nSPS) is 17.3. The van der Waals surface area contributed by atoms with Crippen LogP contribution < -0.4 is 5.32 Å². The van der Waals surface area contributed by atoms with Crippen molar-refractivity contribution in [2.75, 3.05) is 26.2 Å². The van der Waals surface area contributed by atoms with E-state index in [-0.39, 0.29) is 35.9 Å². The molecule has 1 fully saturated rings. The quantitative estimate of drug-likeness (QED) is 0.828. The van der Waals surface area contributed by atoms with Gasteiger partial charge in [-0.2, -0.15) is 13.2 Å². The summed E-state index contributed by atoms with van der Waals surface area (Å²) in [5.74, 6) is 0. The molecule has 1 aromatic carbocycles. The minimum atomic E-state index is -4.41. The minimum Gasteiger partial charge on any atom is -0.314 e.